The number of hydrogen-bond acceptors (Lipinski definition) is 7. The van der Waals surface area contributed by atoms with Gasteiger partial charge in [0.25, 0.3) is 0 Å². The molecule has 2 heterocycles. The van der Waals surface area contributed by atoms with Gasteiger partial charge in [-0.25, -0.2) is 8.42 Å². The van der Waals surface area contributed by atoms with Gasteiger partial charge < -0.3 is 9.84 Å². The molecule has 0 amide bonds. The number of benzene rings is 1. The fourth-order valence-electron chi connectivity index (χ4n) is 2.81. The molecule has 1 aliphatic heterocycles. The molecule has 0 bridgehead atoms. The summed E-state index contributed by atoms with van der Waals surface area (Å²) >= 11 is 6.33. The Morgan fingerprint density at radius 3 is 2.96 bits per heavy atom. The summed E-state index contributed by atoms with van der Waals surface area (Å²) in [4.78, 5) is 6.39. The van der Waals surface area contributed by atoms with Crippen LogP contribution in [0.1, 0.15) is 23.3 Å². The van der Waals surface area contributed by atoms with Gasteiger partial charge in [0, 0.05) is 37.0 Å². The Kier molecular flexibility index (Phi) is 5.19. The van der Waals surface area contributed by atoms with Crippen LogP contribution in [-0.2, 0) is 22.1 Å². The van der Waals surface area contributed by atoms with Gasteiger partial charge in [0.05, 0.1) is 6.54 Å². The lowest BCUT2D eigenvalue weighted by Crippen LogP contribution is -2.45. The predicted molar refractivity (Wildman–Crippen MR) is 90.3 cm³/mol. The first-order valence-electron chi connectivity index (χ1n) is 7.61. The van der Waals surface area contributed by atoms with Crippen molar-refractivity contribution >= 4 is 21.4 Å². The molecule has 1 atom stereocenters. The van der Waals surface area contributed by atoms with E-state index in [4.69, 9.17) is 16.1 Å². The third-order valence-corrected chi connectivity index (χ3v) is 4.99. The van der Waals surface area contributed by atoms with E-state index in [0.29, 0.717) is 12.4 Å². The highest BCUT2D eigenvalue weighted by atomic mass is 35.5. The van der Waals surface area contributed by atoms with Crippen LogP contribution in [0.2, 0.25) is 5.02 Å². The third-order valence-electron chi connectivity index (χ3n) is 3.86. The van der Waals surface area contributed by atoms with E-state index in [-0.39, 0.29) is 17.6 Å². The first kappa shape index (κ1) is 17.3. The van der Waals surface area contributed by atoms with E-state index in [9.17, 15) is 8.42 Å². The second-order valence-electron chi connectivity index (χ2n) is 5.89. The van der Waals surface area contributed by atoms with E-state index in [0.717, 1.165) is 36.5 Å². The summed E-state index contributed by atoms with van der Waals surface area (Å²) in [5.41, 5.74) is 1.04. The smallest absolute Gasteiger partial charge is 0.240 e. The molecular formula is C15H19ClN4O3S. The van der Waals surface area contributed by atoms with Crippen molar-refractivity contribution in [2.45, 2.75) is 18.3 Å². The predicted octanol–water partition coefficient (Wildman–Crippen LogP) is 1.41. The molecule has 0 radical (unpaired) electrons. The number of halogens is 1. The van der Waals surface area contributed by atoms with Crippen molar-refractivity contribution in [3.05, 3.63) is 46.6 Å². The van der Waals surface area contributed by atoms with Crippen molar-refractivity contribution in [1.82, 2.24) is 20.4 Å². The largest absolute Gasteiger partial charge is 0.338 e. The summed E-state index contributed by atoms with van der Waals surface area (Å²) in [6.07, 6.45) is 1.15. The molecule has 9 heteroatoms. The maximum Gasteiger partial charge on any atom is 0.240 e. The zero-order valence-electron chi connectivity index (χ0n) is 13.3. The lowest BCUT2D eigenvalue weighted by Gasteiger charge is -2.35. The molecule has 7 nitrogen and oxygen atoms in total. The van der Waals surface area contributed by atoms with E-state index < -0.39 is 9.84 Å². The standard InChI is InChI=1S/C15H19ClN4O3S/c1-24(21,22)10-14-18-15(23-19-14)9-20-7-6-17-8-13(20)11-4-2-3-5-12(11)16/h2-5,13,17H,6-10H2,1H3. The number of hydrogen-bond donors (Lipinski definition) is 1. The Labute approximate surface area is 145 Å². The molecule has 24 heavy (non-hydrogen) atoms. The molecule has 1 N–H and O–H groups in total. The van der Waals surface area contributed by atoms with Crippen LogP contribution in [-0.4, -0.2) is 49.3 Å². The van der Waals surface area contributed by atoms with Crippen LogP contribution in [0.25, 0.3) is 0 Å². The molecule has 1 unspecified atom stereocenters. The van der Waals surface area contributed by atoms with Crippen LogP contribution in [0.4, 0.5) is 0 Å². The maximum atomic E-state index is 11.3. The van der Waals surface area contributed by atoms with Gasteiger partial charge in [-0.1, -0.05) is 35.0 Å². The molecule has 0 spiro atoms. The molecule has 1 aliphatic rings. The quantitative estimate of drug-likeness (QED) is 0.851. The average Bonchev–Trinajstić information content (AvgIpc) is 2.93. The number of aromatic nitrogens is 2. The van der Waals surface area contributed by atoms with Gasteiger partial charge in [-0.3, -0.25) is 4.90 Å². The average molecular weight is 371 g/mol. The fraction of sp³-hybridized carbons (Fsp3) is 0.467. The number of sulfone groups is 1. The molecule has 130 valence electrons. The van der Waals surface area contributed by atoms with Gasteiger partial charge in [-0.2, -0.15) is 4.98 Å². The summed E-state index contributed by atoms with van der Waals surface area (Å²) in [6.45, 7) is 2.88. The Balaban J connectivity index is 1.76. The van der Waals surface area contributed by atoms with Crippen LogP contribution in [0.3, 0.4) is 0 Å². The number of piperazine rings is 1. The SMILES string of the molecule is CS(=O)(=O)Cc1noc(CN2CCNCC2c2ccccc2Cl)n1. The lowest BCUT2D eigenvalue weighted by atomic mass is 10.0. The van der Waals surface area contributed by atoms with E-state index in [2.05, 4.69) is 20.4 Å². The van der Waals surface area contributed by atoms with Crippen molar-refractivity contribution in [2.24, 2.45) is 0 Å². The first-order chi connectivity index (χ1) is 11.4. The van der Waals surface area contributed by atoms with Crippen molar-refractivity contribution in [1.29, 1.82) is 0 Å². The Morgan fingerprint density at radius 1 is 1.42 bits per heavy atom. The summed E-state index contributed by atoms with van der Waals surface area (Å²) < 4.78 is 27.8. The summed E-state index contributed by atoms with van der Waals surface area (Å²) in [7, 11) is -3.18. The van der Waals surface area contributed by atoms with Crippen molar-refractivity contribution in [3.8, 4) is 0 Å². The van der Waals surface area contributed by atoms with E-state index in [1.54, 1.807) is 0 Å². The number of rotatable bonds is 5. The van der Waals surface area contributed by atoms with Gasteiger partial charge in [0.1, 0.15) is 5.75 Å². The van der Waals surface area contributed by atoms with Crippen LogP contribution >= 0.6 is 11.6 Å². The molecule has 3 rings (SSSR count). The van der Waals surface area contributed by atoms with Gasteiger partial charge in [0.15, 0.2) is 15.7 Å². The van der Waals surface area contributed by atoms with Crippen molar-refractivity contribution < 1.29 is 12.9 Å². The Hall–Kier alpha value is -1.48. The molecule has 1 fully saturated rings. The highest BCUT2D eigenvalue weighted by Crippen LogP contribution is 2.29. The van der Waals surface area contributed by atoms with Crippen molar-refractivity contribution in [3.63, 3.8) is 0 Å². The topological polar surface area (TPSA) is 88.3 Å². The van der Waals surface area contributed by atoms with E-state index in [1.807, 2.05) is 24.3 Å². The molecule has 0 saturated carbocycles. The highest BCUT2D eigenvalue weighted by molar-refractivity contribution is 7.89. The van der Waals surface area contributed by atoms with Crippen LogP contribution in [0, 0.1) is 0 Å². The Bertz CT molecular complexity index is 809. The number of nitrogens with one attached hydrogen (secondary N) is 1. The minimum atomic E-state index is -3.18. The maximum absolute atomic E-state index is 11.3. The zero-order valence-corrected chi connectivity index (χ0v) is 14.8. The first-order valence-corrected chi connectivity index (χ1v) is 10.0. The van der Waals surface area contributed by atoms with Gasteiger partial charge in [-0.05, 0) is 11.6 Å². The van der Waals surface area contributed by atoms with Crippen LogP contribution in [0.5, 0.6) is 0 Å². The molecule has 2 aromatic rings. The highest BCUT2D eigenvalue weighted by Gasteiger charge is 2.27. The number of nitrogens with zero attached hydrogens (tertiary/aromatic N) is 3. The minimum absolute atomic E-state index is 0.0951. The van der Waals surface area contributed by atoms with E-state index >= 15 is 0 Å². The second kappa shape index (κ2) is 7.18. The van der Waals surface area contributed by atoms with Gasteiger partial charge in [0.2, 0.25) is 5.89 Å². The summed E-state index contributed by atoms with van der Waals surface area (Å²) in [5, 5.41) is 7.84. The fourth-order valence-corrected chi connectivity index (χ4v) is 3.66. The lowest BCUT2D eigenvalue weighted by molar-refractivity contribution is 0.135. The molecule has 1 aromatic heterocycles. The monoisotopic (exact) mass is 370 g/mol. The van der Waals surface area contributed by atoms with Crippen LogP contribution in [0.15, 0.2) is 28.8 Å². The zero-order chi connectivity index (χ0) is 17.2. The van der Waals surface area contributed by atoms with Gasteiger partial charge in [-0.15, -0.1) is 0 Å². The Morgan fingerprint density at radius 2 is 2.21 bits per heavy atom. The summed E-state index contributed by atoms with van der Waals surface area (Å²) in [5.74, 6) is 0.385. The summed E-state index contributed by atoms with van der Waals surface area (Å²) in [6, 6.07) is 7.85. The molecule has 1 saturated heterocycles. The minimum Gasteiger partial charge on any atom is -0.338 e. The molecule has 1 aromatic carbocycles. The van der Waals surface area contributed by atoms with Crippen molar-refractivity contribution in [2.75, 3.05) is 25.9 Å². The second-order valence-corrected chi connectivity index (χ2v) is 8.43. The molecule has 0 aliphatic carbocycles. The third kappa shape index (κ3) is 4.32. The van der Waals surface area contributed by atoms with E-state index in [1.165, 1.54) is 0 Å². The molecular weight excluding hydrogens is 352 g/mol. The van der Waals surface area contributed by atoms with Gasteiger partial charge >= 0.3 is 0 Å². The normalized spacial score (nSPS) is 19.5. The van der Waals surface area contributed by atoms with Crippen LogP contribution < -0.4 is 5.32 Å².